The van der Waals surface area contributed by atoms with Crippen LogP contribution < -0.4 is 4.74 Å². The summed E-state index contributed by atoms with van der Waals surface area (Å²) in [6, 6.07) is 16.7. The molecular formula is C20H15NO4. The highest BCUT2D eigenvalue weighted by atomic mass is 16.5. The second kappa shape index (κ2) is 7.40. The maximum Gasteiger partial charge on any atom is 0.174 e. The number of hydrogen-bond acceptors (Lipinski definition) is 5. The van der Waals surface area contributed by atoms with Crippen LogP contribution in [0, 0.1) is 0 Å². The van der Waals surface area contributed by atoms with E-state index in [1.807, 2.05) is 18.2 Å². The van der Waals surface area contributed by atoms with Crippen molar-refractivity contribution in [2.24, 2.45) is 0 Å². The van der Waals surface area contributed by atoms with Gasteiger partial charge in [0, 0.05) is 24.0 Å². The summed E-state index contributed by atoms with van der Waals surface area (Å²) in [5.74, 6) is -0.0105. The molecule has 0 spiro atoms. The standard InChI is InChI=1S/C20H15NO4/c22-18(14-5-4-10-21-13-14)12-20(24)17-9-8-16(11-19(17)23)25-15-6-2-1-3-7-15/h1-11,13,23H,12H2. The zero-order valence-corrected chi connectivity index (χ0v) is 13.3. The van der Waals surface area contributed by atoms with Crippen LogP contribution in [0.5, 0.6) is 17.2 Å². The van der Waals surface area contributed by atoms with Crippen LogP contribution in [0.25, 0.3) is 0 Å². The predicted molar refractivity (Wildman–Crippen MR) is 92.1 cm³/mol. The molecular weight excluding hydrogens is 318 g/mol. The highest BCUT2D eigenvalue weighted by Crippen LogP contribution is 2.28. The van der Waals surface area contributed by atoms with Gasteiger partial charge >= 0.3 is 0 Å². The third-order valence-electron chi connectivity index (χ3n) is 3.55. The number of aromatic hydroxyl groups is 1. The normalized spacial score (nSPS) is 10.2. The zero-order chi connectivity index (χ0) is 17.6. The number of phenols is 1. The largest absolute Gasteiger partial charge is 0.507 e. The van der Waals surface area contributed by atoms with Crippen LogP contribution >= 0.6 is 0 Å². The Balaban J connectivity index is 1.72. The van der Waals surface area contributed by atoms with E-state index in [2.05, 4.69) is 4.98 Å². The molecule has 0 bridgehead atoms. The SMILES string of the molecule is O=C(CC(=O)c1ccc(Oc2ccccc2)cc1O)c1cccnc1. The maximum absolute atomic E-state index is 12.3. The Kier molecular flexibility index (Phi) is 4.85. The monoisotopic (exact) mass is 333 g/mol. The second-order valence-corrected chi connectivity index (χ2v) is 5.36. The van der Waals surface area contributed by atoms with Crippen molar-refractivity contribution in [1.82, 2.24) is 4.98 Å². The Hall–Kier alpha value is -3.47. The number of hydrogen-bond donors (Lipinski definition) is 1. The number of carbonyl (C=O) groups is 2. The van der Waals surface area contributed by atoms with Gasteiger partial charge in [0.05, 0.1) is 12.0 Å². The number of phenolic OH excluding ortho intramolecular Hbond substituents is 1. The first-order valence-corrected chi connectivity index (χ1v) is 7.66. The van der Waals surface area contributed by atoms with Gasteiger partial charge in [0.1, 0.15) is 17.2 Å². The Morgan fingerprint density at radius 2 is 1.72 bits per heavy atom. The van der Waals surface area contributed by atoms with Crippen LogP contribution in [-0.4, -0.2) is 21.7 Å². The average molecular weight is 333 g/mol. The van der Waals surface area contributed by atoms with Crippen molar-refractivity contribution in [3.05, 3.63) is 84.2 Å². The Bertz CT molecular complexity index is 892. The first-order chi connectivity index (χ1) is 12.1. The molecule has 3 aromatic rings. The molecule has 0 saturated carbocycles. The van der Waals surface area contributed by atoms with Crippen molar-refractivity contribution in [2.75, 3.05) is 0 Å². The second-order valence-electron chi connectivity index (χ2n) is 5.36. The van der Waals surface area contributed by atoms with Crippen molar-refractivity contribution < 1.29 is 19.4 Å². The van der Waals surface area contributed by atoms with E-state index >= 15 is 0 Å². The first kappa shape index (κ1) is 16.4. The number of rotatable bonds is 6. The van der Waals surface area contributed by atoms with Crippen LogP contribution in [0.2, 0.25) is 0 Å². The number of pyridine rings is 1. The Morgan fingerprint density at radius 1 is 0.920 bits per heavy atom. The van der Waals surface area contributed by atoms with Crippen molar-refractivity contribution in [3.8, 4) is 17.2 Å². The number of Topliss-reactive ketones (excluding diaryl/α,β-unsaturated/α-hetero) is 2. The minimum Gasteiger partial charge on any atom is -0.507 e. The van der Waals surface area contributed by atoms with Gasteiger partial charge in [0.25, 0.3) is 0 Å². The molecule has 1 N–H and O–H groups in total. The van der Waals surface area contributed by atoms with E-state index in [9.17, 15) is 14.7 Å². The molecule has 1 aromatic heterocycles. The third kappa shape index (κ3) is 4.09. The van der Waals surface area contributed by atoms with Gasteiger partial charge in [0.15, 0.2) is 11.6 Å². The molecule has 1 heterocycles. The topological polar surface area (TPSA) is 76.5 Å². The van der Waals surface area contributed by atoms with Crippen LogP contribution in [-0.2, 0) is 0 Å². The molecule has 0 aliphatic heterocycles. The Labute approximate surface area is 144 Å². The lowest BCUT2D eigenvalue weighted by molar-refractivity contribution is 0.0893. The summed E-state index contributed by atoms with van der Waals surface area (Å²) in [5.41, 5.74) is 0.442. The molecule has 25 heavy (non-hydrogen) atoms. The first-order valence-electron chi connectivity index (χ1n) is 7.66. The molecule has 0 saturated heterocycles. The summed E-state index contributed by atoms with van der Waals surface area (Å²) in [6.07, 6.45) is 2.63. The lowest BCUT2D eigenvalue weighted by Gasteiger charge is -2.08. The van der Waals surface area contributed by atoms with E-state index in [1.54, 1.807) is 36.5 Å². The van der Waals surface area contributed by atoms with Gasteiger partial charge in [-0.15, -0.1) is 0 Å². The number of para-hydroxylation sites is 1. The molecule has 0 fully saturated rings. The van der Waals surface area contributed by atoms with Crippen LogP contribution in [0.1, 0.15) is 27.1 Å². The lowest BCUT2D eigenvalue weighted by Crippen LogP contribution is -2.09. The van der Waals surface area contributed by atoms with E-state index in [0.29, 0.717) is 17.1 Å². The number of nitrogens with zero attached hydrogens (tertiary/aromatic N) is 1. The zero-order valence-electron chi connectivity index (χ0n) is 13.3. The summed E-state index contributed by atoms with van der Waals surface area (Å²) in [5, 5.41) is 10.1. The van der Waals surface area contributed by atoms with Crippen molar-refractivity contribution in [1.29, 1.82) is 0 Å². The molecule has 0 unspecified atom stereocenters. The molecule has 0 atom stereocenters. The lowest BCUT2D eigenvalue weighted by atomic mass is 10.0. The highest BCUT2D eigenvalue weighted by Gasteiger charge is 2.17. The molecule has 5 nitrogen and oxygen atoms in total. The molecule has 5 heteroatoms. The molecule has 0 radical (unpaired) electrons. The summed E-state index contributed by atoms with van der Waals surface area (Å²) < 4.78 is 5.60. The number of ether oxygens (including phenoxy) is 1. The highest BCUT2D eigenvalue weighted by molar-refractivity contribution is 6.14. The smallest absolute Gasteiger partial charge is 0.174 e. The van der Waals surface area contributed by atoms with Gasteiger partial charge in [-0.05, 0) is 36.4 Å². The number of carbonyl (C=O) groups excluding carboxylic acids is 2. The van der Waals surface area contributed by atoms with E-state index in [-0.39, 0.29) is 23.5 Å². The van der Waals surface area contributed by atoms with Crippen LogP contribution in [0.4, 0.5) is 0 Å². The van der Waals surface area contributed by atoms with Gasteiger partial charge in [-0.1, -0.05) is 18.2 Å². The number of aromatic nitrogens is 1. The molecule has 124 valence electrons. The third-order valence-corrected chi connectivity index (χ3v) is 3.55. The summed E-state index contributed by atoms with van der Waals surface area (Å²) in [4.78, 5) is 28.2. The molecule has 3 rings (SSSR count). The fourth-order valence-electron chi connectivity index (χ4n) is 2.31. The van der Waals surface area contributed by atoms with E-state index in [1.165, 1.54) is 18.3 Å². The predicted octanol–water partition coefficient (Wildman–Crippen LogP) is 4.04. The molecule has 2 aromatic carbocycles. The van der Waals surface area contributed by atoms with E-state index in [4.69, 9.17) is 4.74 Å². The molecule has 0 aliphatic rings. The van der Waals surface area contributed by atoms with Gasteiger partial charge < -0.3 is 9.84 Å². The minimum atomic E-state index is -0.461. The van der Waals surface area contributed by atoms with Crippen LogP contribution in [0.15, 0.2) is 73.1 Å². The fourth-order valence-corrected chi connectivity index (χ4v) is 2.31. The summed E-state index contributed by atoms with van der Waals surface area (Å²) in [7, 11) is 0. The average Bonchev–Trinajstić information content (AvgIpc) is 2.63. The van der Waals surface area contributed by atoms with Gasteiger partial charge in [0.2, 0.25) is 0 Å². The van der Waals surface area contributed by atoms with Gasteiger partial charge in [-0.3, -0.25) is 14.6 Å². The minimum absolute atomic E-state index is 0.0812. The van der Waals surface area contributed by atoms with Crippen molar-refractivity contribution >= 4 is 11.6 Å². The van der Waals surface area contributed by atoms with Crippen LogP contribution in [0.3, 0.4) is 0 Å². The maximum atomic E-state index is 12.3. The van der Waals surface area contributed by atoms with E-state index in [0.717, 1.165) is 0 Å². The number of benzene rings is 2. The van der Waals surface area contributed by atoms with Gasteiger partial charge in [-0.25, -0.2) is 0 Å². The van der Waals surface area contributed by atoms with E-state index < -0.39 is 5.78 Å². The molecule has 0 amide bonds. The quantitative estimate of drug-likeness (QED) is 0.544. The van der Waals surface area contributed by atoms with Gasteiger partial charge in [-0.2, -0.15) is 0 Å². The number of ketones is 2. The summed E-state index contributed by atoms with van der Waals surface area (Å²) >= 11 is 0. The summed E-state index contributed by atoms with van der Waals surface area (Å²) in [6.45, 7) is 0. The fraction of sp³-hybridized carbons (Fsp3) is 0.0500. The van der Waals surface area contributed by atoms with Crippen molar-refractivity contribution in [2.45, 2.75) is 6.42 Å². The van der Waals surface area contributed by atoms with Crippen molar-refractivity contribution in [3.63, 3.8) is 0 Å². The molecule has 0 aliphatic carbocycles. The Morgan fingerprint density at radius 3 is 2.40 bits per heavy atom.